The number of hydrogen-bond acceptors (Lipinski definition) is 7. The summed E-state index contributed by atoms with van der Waals surface area (Å²) >= 11 is 1.50. The van der Waals surface area contributed by atoms with Gasteiger partial charge < -0.3 is 18.6 Å². The third-order valence-corrected chi connectivity index (χ3v) is 4.63. The molecule has 0 aromatic carbocycles. The number of carbonyl (C=O) groups excluding carboxylic acids is 3. The number of unbranched alkanes of at least 4 members (excludes halogenated alkanes) is 7. The molecule has 8 heteroatoms. The van der Waals surface area contributed by atoms with Crippen LogP contribution in [-0.4, -0.2) is 62.9 Å². The predicted molar refractivity (Wildman–Crippen MR) is 102 cm³/mol. The fraction of sp³-hybridized carbons (Fsp3) is 0.833. The Labute approximate surface area is 161 Å². The maximum atomic E-state index is 12.2. The van der Waals surface area contributed by atoms with Gasteiger partial charge in [0.25, 0.3) is 0 Å². The van der Waals surface area contributed by atoms with Crippen molar-refractivity contribution in [2.45, 2.75) is 57.8 Å². The second-order valence-corrected chi connectivity index (χ2v) is 6.95. The second-order valence-electron chi connectivity index (χ2n) is 5.97. The molecule has 152 valence electrons. The highest BCUT2D eigenvalue weighted by Crippen LogP contribution is 2.12. The van der Waals surface area contributed by atoms with Crippen LogP contribution < -0.4 is 0 Å². The van der Waals surface area contributed by atoms with Crippen LogP contribution in [0.1, 0.15) is 57.8 Å². The largest absolute Gasteiger partial charge is 0.468 e. The van der Waals surface area contributed by atoms with Gasteiger partial charge in [-0.25, -0.2) is 0 Å². The van der Waals surface area contributed by atoms with Gasteiger partial charge in [0.05, 0.1) is 21.3 Å². The Kier molecular flexibility index (Phi) is 16.3. The van der Waals surface area contributed by atoms with E-state index in [1.807, 2.05) is 0 Å². The first-order valence-corrected chi connectivity index (χ1v) is 10.0. The summed E-state index contributed by atoms with van der Waals surface area (Å²) in [5.41, 5.74) is 0. The van der Waals surface area contributed by atoms with Crippen LogP contribution in [-0.2, 0) is 28.0 Å². The van der Waals surface area contributed by atoms with E-state index in [-0.39, 0.29) is 19.0 Å². The van der Waals surface area contributed by atoms with Gasteiger partial charge in [0.2, 0.25) is 5.91 Å². The summed E-state index contributed by atoms with van der Waals surface area (Å²) in [6.07, 6.45) is 9.15. The SMILES string of the molecule is COSCCCCCCCCCCC(=O)N(CC(=O)OC)CC(=O)OC. The van der Waals surface area contributed by atoms with E-state index < -0.39 is 11.9 Å². The molecule has 0 aliphatic rings. The van der Waals surface area contributed by atoms with Crippen molar-refractivity contribution < 1.29 is 28.0 Å². The summed E-state index contributed by atoms with van der Waals surface area (Å²) in [7, 11) is 4.19. The summed E-state index contributed by atoms with van der Waals surface area (Å²) in [5, 5.41) is 0. The van der Waals surface area contributed by atoms with Gasteiger partial charge in [-0.2, -0.15) is 0 Å². The molecule has 0 aliphatic carbocycles. The normalized spacial score (nSPS) is 10.4. The van der Waals surface area contributed by atoms with Crippen LogP contribution >= 0.6 is 12.0 Å². The highest BCUT2D eigenvalue weighted by molar-refractivity contribution is 7.94. The van der Waals surface area contributed by atoms with E-state index in [0.29, 0.717) is 6.42 Å². The minimum absolute atomic E-state index is 0.226. The van der Waals surface area contributed by atoms with Crippen LogP contribution in [0.25, 0.3) is 0 Å². The zero-order chi connectivity index (χ0) is 19.6. The third-order valence-electron chi connectivity index (χ3n) is 3.93. The van der Waals surface area contributed by atoms with Crippen LogP contribution in [0.3, 0.4) is 0 Å². The van der Waals surface area contributed by atoms with Crippen molar-refractivity contribution in [1.82, 2.24) is 4.90 Å². The number of carbonyl (C=O) groups is 3. The maximum Gasteiger partial charge on any atom is 0.325 e. The quantitative estimate of drug-likeness (QED) is 0.227. The number of hydrogen-bond donors (Lipinski definition) is 0. The van der Waals surface area contributed by atoms with E-state index in [4.69, 9.17) is 4.18 Å². The van der Waals surface area contributed by atoms with Gasteiger partial charge in [-0.3, -0.25) is 14.4 Å². The number of esters is 2. The fourth-order valence-corrected chi connectivity index (χ4v) is 2.90. The molecule has 0 saturated heterocycles. The first-order chi connectivity index (χ1) is 12.5. The molecule has 0 aromatic rings. The highest BCUT2D eigenvalue weighted by Gasteiger charge is 2.20. The van der Waals surface area contributed by atoms with Crippen molar-refractivity contribution in [3.63, 3.8) is 0 Å². The number of rotatable bonds is 16. The summed E-state index contributed by atoms with van der Waals surface area (Å²) < 4.78 is 14.1. The molecule has 0 saturated carbocycles. The molecule has 0 heterocycles. The van der Waals surface area contributed by atoms with Crippen LogP contribution in [0.4, 0.5) is 0 Å². The molecule has 0 atom stereocenters. The van der Waals surface area contributed by atoms with Crippen LogP contribution in [0.5, 0.6) is 0 Å². The molecule has 0 unspecified atom stereocenters. The lowest BCUT2D eigenvalue weighted by molar-refractivity contribution is -0.152. The Balaban J connectivity index is 3.84. The molecule has 0 fully saturated rings. The summed E-state index contributed by atoms with van der Waals surface area (Å²) in [5.74, 6) is -0.277. The molecule has 7 nitrogen and oxygen atoms in total. The average molecular weight is 392 g/mol. The van der Waals surface area contributed by atoms with Gasteiger partial charge in [0.15, 0.2) is 0 Å². The van der Waals surface area contributed by atoms with Gasteiger partial charge in [0, 0.05) is 12.2 Å². The van der Waals surface area contributed by atoms with Gasteiger partial charge in [0.1, 0.15) is 13.1 Å². The standard InChI is InChI=1S/C18H33NO6S/c1-23-17(21)14-19(15-18(22)24-2)16(20)12-10-8-6-4-5-7-9-11-13-26-25-3/h4-15H2,1-3H3. The Morgan fingerprint density at radius 2 is 1.19 bits per heavy atom. The molecule has 1 amide bonds. The molecule has 26 heavy (non-hydrogen) atoms. The molecule has 0 aliphatic heterocycles. The summed E-state index contributed by atoms with van der Waals surface area (Å²) in [4.78, 5) is 36.2. The van der Waals surface area contributed by atoms with E-state index in [2.05, 4.69) is 9.47 Å². The molecule has 0 bridgehead atoms. The van der Waals surface area contributed by atoms with Crippen molar-refractivity contribution in [1.29, 1.82) is 0 Å². The Hall–Kier alpha value is -1.28. The molecule has 0 spiro atoms. The molecule has 0 aromatic heterocycles. The molecule has 0 rings (SSSR count). The number of methoxy groups -OCH3 is 2. The van der Waals surface area contributed by atoms with E-state index in [1.165, 1.54) is 63.3 Å². The number of amides is 1. The van der Waals surface area contributed by atoms with Crippen molar-refractivity contribution in [3.05, 3.63) is 0 Å². The lowest BCUT2D eigenvalue weighted by Crippen LogP contribution is -2.40. The van der Waals surface area contributed by atoms with E-state index in [1.54, 1.807) is 7.11 Å². The van der Waals surface area contributed by atoms with Gasteiger partial charge in [-0.15, -0.1) is 0 Å². The smallest absolute Gasteiger partial charge is 0.325 e. The predicted octanol–water partition coefficient (Wildman–Crippen LogP) is 2.97. The lowest BCUT2D eigenvalue weighted by Gasteiger charge is -2.20. The molecule has 0 N–H and O–H groups in total. The Morgan fingerprint density at radius 1 is 0.731 bits per heavy atom. The first kappa shape index (κ1) is 24.7. The first-order valence-electron chi connectivity index (χ1n) is 9.12. The topological polar surface area (TPSA) is 82.1 Å². The number of nitrogens with zero attached hydrogens (tertiary/aromatic N) is 1. The minimum Gasteiger partial charge on any atom is -0.468 e. The third kappa shape index (κ3) is 13.9. The molecular formula is C18H33NO6S. The van der Waals surface area contributed by atoms with Crippen LogP contribution in [0.2, 0.25) is 0 Å². The zero-order valence-corrected chi connectivity index (χ0v) is 17.1. The minimum atomic E-state index is -0.550. The zero-order valence-electron chi connectivity index (χ0n) is 16.3. The fourth-order valence-electron chi connectivity index (χ4n) is 2.41. The van der Waals surface area contributed by atoms with E-state index in [9.17, 15) is 14.4 Å². The number of ether oxygens (including phenoxy) is 2. The highest BCUT2D eigenvalue weighted by atomic mass is 32.2. The van der Waals surface area contributed by atoms with Crippen molar-refractivity contribution in [2.75, 3.05) is 40.2 Å². The van der Waals surface area contributed by atoms with E-state index >= 15 is 0 Å². The van der Waals surface area contributed by atoms with Crippen LogP contribution in [0.15, 0.2) is 0 Å². The Bertz CT molecular complexity index is 387. The maximum absolute atomic E-state index is 12.2. The summed E-state index contributed by atoms with van der Waals surface area (Å²) in [6, 6.07) is 0. The average Bonchev–Trinajstić information content (AvgIpc) is 2.64. The van der Waals surface area contributed by atoms with Crippen LogP contribution in [0, 0.1) is 0 Å². The van der Waals surface area contributed by atoms with E-state index in [0.717, 1.165) is 25.0 Å². The summed E-state index contributed by atoms with van der Waals surface area (Å²) in [6.45, 7) is -0.461. The van der Waals surface area contributed by atoms with Gasteiger partial charge in [-0.05, 0) is 24.9 Å². The molecular weight excluding hydrogens is 358 g/mol. The Morgan fingerprint density at radius 3 is 1.65 bits per heavy atom. The second kappa shape index (κ2) is 17.1. The van der Waals surface area contributed by atoms with Gasteiger partial charge in [-0.1, -0.05) is 38.5 Å². The van der Waals surface area contributed by atoms with Crippen molar-refractivity contribution in [2.24, 2.45) is 0 Å². The lowest BCUT2D eigenvalue weighted by atomic mass is 10.1. The monoisotopic (exact) mass is 391 g/mol. The van der Waals surface area contributed by atoms with Gasteiger partial charge >= 0.3 is 11.9 Å². The molecule has 0 radical (unpaired) electrons. The van der Waals surface area contributed by atoms with Crippen molar-refractivity contribution >= 4 is 29.9 Å². The van der Waals surface area contributed by atoms with Crippen molar-refractivity contribution in [3.8, 4) is 0 Å².